The fraction of sp³-hybridized carbons (Fsp3) is 0.625. The molecule has 0 aromatic rings. The molecule has 3 nitrogen and oxygen atoms in total. The van der Waals surface area contributed by atoms with Gasteiger partial charge in [-0.25, -0.2) is 0 Å². The first-order valence-corrected chi connectivity index (χ1v) is 3.78. The Kier molecular flexibility index (Phi) is 2.52. The molecule has 0 aliphatic heterocycles. The molecule has 3 heteroatoms. The lowest BCUT2D eigenvalue weighted by atomic mass is 10.4. The van der Waals surface area contributed by atoms with Crippen LogP contribution < -0.4 is 0 Å². The molecule has 0 amide bonds. The standard InChI is InChI=1S/C8H13N3/c1-4-10-11-8-6(2)7(8)5-9-3/h5,7-8H,2,4H2,1,3H3. The van der Waals surface area contributed by atoms with Crippen LogP contribution in [0.3, 0.4) is 0 Å². The molecule has 2 unspecified atom stereocenters. The first-order chi connectivity index (χ1) is 5.31. The molecule has 1 saturated carbocycles. The predicted octanol–water partition coefficient (Wildman–Crippen LogP) is 1.71. The second-order valence-corrected chi connectivity index (χ2v) is 2.53. The summed E-state index contributed by atoms with van der Waals surface area (Å²) < 4.78 is 0. The molecule has 1 rings (SSSR count). The molecule has 0 spiro atoms. The average molecular weight is 151 g/mol. The smallest absolute Gasteiger partial charge is 0.104 e. The highest BCUT2D eigenvalue weighted by molar-refractivity contribution is 5.74. The van der Waals surface area contributed by atoms with Gasteiger partial charge in [-0.15, -0.1) is 0 Å². The number of hydrogen-bond donors (Lipinski definition) is 0. The number of hydrogen-bond acceptors (Lipinski definition) is 3. The Labute approximate surface area is 66.9 Å². The zero-order chi connectivity index (χ0) is 8.27. The number of nitrogens with zero attached hydrogens (tertiary/aromatic N) is 3. The second-order valence-electron chi connectivity index (χ2n) is 2.53. The Morgan fingerprint density at radius 1 is 1.64 bits per heavy atom. The van der Waals surface area contributed by atoms with Crippen molar-refractivity contribution in [3.8, 4) is 0 Å². The van der Waals surface area contributed by atoms with Crippen LogP contribution in [0.4, 0.5) is 0 Å². The third kappa shape index (κ3) is 1.73. The number of rotatable bonds is 3. The highest BCUT2D eigenvalue weighted by Crippen LogP contribution is 2.38. The van der Waals surface area contributed by atoms with Crippen molar-refractivity contribution < 1.29 is 0 Å². The molecule has 0 N–H and O–H groups in total. The van der Waals surface area contributed by atoms with Crippen LogP contribution in [0.15, 0.2) is 27.4 Å². The first kappa shape index (κ1) is 8.11. The second kappa shape index (κ2) is 3.42. The Hall–Kier alpha value is -0.990. The topological polar surface area (TPSA) is 37.1 Å². The fourth-order valence-corrected chi connectivity index (χ4v) is 0.975. The Balaban J connectivity index is 2.42. The van der Waals surface area contributed by atoms with Crippen LogP contribution in [-0.2, 0) is 0 Å². The molecule has 0 heterocycles. The van der Waals surface area contributed by atoms with Crippen molar-refractivity contribution in [3.63, 3.8) is 0 Å². The maximum absolute atomic E-state index is 4.07. The summed E-state index contributed by atoms with van der Waals surface area (Å²) >= 11 is 0. The van der Waals surface area contributed by atoms with E-state index in [1.807, 2.05) is 13.1 Å². The van der Waals surface area contributed by atoms with Gasteiger partial charge in [-0.3, -0.25) is 0 Å². The molecular weight excluding hydrogens is 138 g/mol. The molecule has 11 heavy (non-hydrogen) atoms. The maximum Gasteiger partial charge on any atom is 0.104 e. The van der Waals surface area contributed by atoms with Gasteiger partial charge in [0.1, 0.15) is 6.04 Å². The quantitative estimate of drug-likeness (QED) is 0.334. The Morgan fingerprint density at radius 2 is 2.36 bits per heavy atom. The van der Waals surface area contributed by atoms with Crippen molar-refractivity contribution in [1.82, 2.24) is 0 Å². The van der Waals surface area contributed by atoms with E-state index in [1.165, 1.54) is 0 Å². The van der Waals surface area contributed by atoms with Crippen molar-refractivity contribution in [2.45, 2.75) is 13.0 Å². The van der Waals surface area contributed by atoms with E-state index in [-0.39, 0.29) is 6.04 Å². The van der Waals surface area contributed by atoms with Crippen LogP contribution in [0.1, 0.15) is 6.92 Å². The van der Waals surface area contributed by atoms with E-state index < -0.39 is 0 Å². The van der Waals surface area contributed by atoms with Crippen molar-refractivity contribution in [3.05, 3.63) is 12.2 Å². The minimum Gasteiger partial charge on any atom is -0.300 e. The predicted molar refractivity (Wildman–Crippen MR) is 46.2 cm³/mol. The third-order valence-corrected chi connectivity index (χ3v) is 1.70. The van der Waals surface area contributed by atoms with Crippen LogP contribution in [0.2, 0.25) is 0 Å². The van der Waals surface area contributed by atoms with E-state index in [0.717, 1.165) is 12.1 Å². The fourth-order valence-electron chi connectivity index (χ4n) is 0.975. The Bertz CT molecular complexity index is 205. The summed E-state index contributed by atoms with van der Waals surface area (Å²) in [6.45, 7) is 6.58. The molecule has 1 aliphatic carbocycles. The van der Waals surface area contributed by atoms with E-state index in [2.05, 4.69) is 21.8 Å². The molecule has 2 atom stereocenters. The number of azo groups is 1. The van der Waals surface area contributed by atoms with Gasteiger partial charge in [-0.05, 0) is 12.5 Å². The first-order valence-electron chi connectivity index (χ1n) is 3.78. The van der Waals surface area contributed by atoms with E-state index in [0.29, 0.717) is 5.92 Å². The largest absolute Gasteiger partial charge is 0.300 e. The summed E-state index contributed by atoms with van der Waals surface area (Å²) in [6, 6.07) is 0.221. The van der Waals surface area contributed by atoms with E-state index in [4.69, 9.17) is 0 Å². The van der Waals surface area contributed by atoms with Gasteiger partial charge >= 0.3 is 0 Å². The lowest BCUT2D eigenvalue weighted by Crippen LogP contribution is -1.83. The molecule has 0 saturated heterocycles. The highest BCUT2D eigenvalue weighted by atomic mass is 15.1. The third-order valence-electron chi connectivity index (χ3n) is 1.70. The lowest BCUT2D eigenvalue weighted by Gasteiger charge is -1.81. The normalized spacial score (nSPS) is 30.5. The van der Waals surface area contributed by atoms with Gasteiger partial charge in [-0.1, -0.05) is 6.58 Å². The van der Waals surface area contributed by atoms with Gasteiger partial charge in [0.2, 0.25) is 0 Å². The monoisotopic (exact) mass is 151 g/mol. The zero-order valence-electron chi connectivity index (χ0n) is 6.99. The molecule has 0 aromatic heterocycles. The van der Waals surface area contributed by atoms with Crippen LogP contribution in [-0.4, -0.2) is 25.8 Å². The van der Waals surface area contributed by atoms with Gasteiger partial charge in [-0.2, -0.15) is 10.2 Å². The summed E-state index contributed by atoms with van der Waals surface area (Å²) in [5.74, 6) is 0.357. The summed E-state index contributed by atoms with van der Waals surface area (Å²) in [5, 5.41) is 7.99. The van der Waals surface area contributed by atoms with Gasteiger partial charge in [0.05, 0.1) is 6.54 Å². The van der Waals surface area contributed by atoms with Crippen LogP contribution in [0.25, 0.3) is 0 Å². The van der Waals surface area contributed by atoms with Gasteiger partial charge in [0, 0.05) is 19.2 Å². The molecule has 1 aliphatic rings. The van der Waals surface area contributed by atoms with E-state index >= 15 is 0 Å². The molecule has 0 aromatic carbocycles. The summed E-state index contributed by atoms with van der Waals surface area (Å²) in [6.07, 6.45) is 1.88. The average Bonchev–Trinajstić information content (AvgIpc) is 2.59. The molecule has 60 valence electrons. The van der Waals surface area contributed by atoms with Gasteiger partial charge in [0.25, 0.3) is 0 Å². The lowest BCUT2D eigenvalue weighted by molar-refractivity contribution is 0.861. The van der Waals surface area contributed by atoms with Crippen LogP contribution in [0.5, 0.6) is 0 Å². The van der Waals surface area contributed by atoms with Gasteiger partial charge in [0.15, 0.2) is 0 Å². The number of aliphatic imine (C=N–C) groups is 1. The van der Waals surface area contributed by atoms with E-state index in [1.54, 1.807) is 7.05 Å². The highest BCUT2D eigenvalue weighted by Gasteiger charge is 2.41. The van der Waals surface area contributed by atoms with E-state index in [9.17, 15) is 0 Å². The summed E-state index contributed by atoms with van der Waals surface area (Å²) in [5.41, 5.74) is 1.13. The Morgan fingerprint density at radius 3 is 2.91 bits per heavy atom. The molecule has 1 fully saturated rings. The van der Waals surface area contributed by atoms with Crippen LogP contribution in [0, 0.1) is 5.92 Å². The van der Waals surface area contributed by atoms with Crippen molar-refractivity contribution in [1.29, 1.82) is 0 Å². The molecule has 0 radical (unpaired) electrons. The minimum absolute atomic E-state index is 0.221. The van der Waals surface area contributed by atoms with Crippen molar-refractivity contribution >= 4 is 6.21 Å². The molecule has 0 bridgehead atoms. The van der Waals surface area contributed by atoms with Crippen molar-refractivity contribution in [2.24, 2.45) is 21.1 Å². The summed E-state index contributed by atoms with van der Waals surface area (Å²) in [4.78, 5) is 3.92. The minimum atomic E-state index is 0.221. The zero-order valence-corrected chi connectivity index (χ0v) is 6.99. The molecular formula is C8H13N3. The van der Waals surface area contributed by atoms with Crippen molar-refractivity contribution in [2.75, 3.05) is 13.6 Å². The van der Waals surface area contributed by atoms with Crippen LogP contribution >= 0.6 is 0 Å². The maximum atomic E-state index is 4.07. The summed E-state index contributed by atoms with van der Waals surface area (Å²) in [7, 11) is 1.76. The van der Waals surface area contributed by atoms with Gasteiger partial charge < -0.3 is 4.99 Å². The SMILES string of the molecule is C=C1C(C=NC)C1N=NCC.